The number of likely N-dealkylation sites (tertiary alicyclic amines) is 1. The van der Waals surface area contributed by atoms with Crippen molar-refractivity contribution in [3.63, 3.8) is 0 Å². The van der Waals surface area contributed by atoms with Crippen LogP contribution in [0.2, 0.25) is 0 Å². The van der Waals surface area contributed by atoms with Gasteiger partial charge in [-0.1, -0.05) is 13.8 Å². The molecule has 1 N–H and O–H groups in total. The number of aliphatic imine (C=N–C) groups is 1. The summed E-state index contributed by atoms with van der Waals surface area (Å²) in [6, 6.07) is 0.564. The topological polar surface area (TPSA) is 34.1 Å². The Morgan fingerprint density at radius 1 is 1.13 bits per heavy atom. The zero-order valence-corrected chi connectivity index (χ0v) is 15.9. The molecule has 134 valence electrons. The summed E-state index contributed by atoms with van der Waals surface area (Å²) in [5.74, 6) is 2.73. The molecule has 0 amide bonds. The minimum atomic E-state index is 0.564. The zero-order valence-electron chi connectivity index (χ0n) is 15.9. The quantitative estimate of drug-likeness (QED) is 0.615. The lowest BCUT2D eigenvalue weighted by atomic mass is 9.97. The fourth-order valence-electron chi connectivity index (χ4n) is 3.85. The second-order valence-electron chi connectivity index (χ2n) is 7.85. The molecule has 23 heavy (non-hydrogen) atoms. The lowest BCUT2D eigenvalue weighted by molar-refractivity contribution is 0.119. The average Bonchev–Trinajstić information content (AvgIpc) is 2.96. The van der Waals surface area contributed by atoms with Gasteiger partial charge < -0.3 is 15.1 Å². The molecule has 5 nitrogen and oxygen atoms in total. The molecule has 0 aliphatic carbocycles. The van der Waals surface area contributed by atoms with Crippen molar-refractivity contribution in [3.05, 3.63) is 0 Å². The van der Waals surface area contributed by atoms with Gasteiger partial charge in [-0.25, -0.2) is 0 Å². The Labute approximate surface area is 143 Å². The number of nitrogens with one attached hydrogen (secondary N) is 1. The standard InChI is InChI=1S/C18H37N5/c1-15(2)12-17-6-7-23(14-17)18(19-4)20-13-16(3)22-10-8-21(5)9-11-22/h15-17H,6-14H2,1-5H3,(H,19,20). The Morgan fingerprint density at radius 2 is 1.83 bits per heavy atom. The molecule has 2 aliphatic heterocycles. The summed E-state index contributed by atoms with van der Waals surface area (Å²) in [5.41, 5.74) is 0. The van der Waals surface area contributed by atoms with Gasteiger partial charge in [0.05, 0.1) is 0 Å². The summed E-state index contributed by atoms with van der Waals surface area (Å²) in [7, 11) is 4.13. The van der Waals surface area contributed by atoms with Gasteiger partial charge in [-0.05, 0) is 38.6 Å². The van der Waals surface area contributed by atoms with E-state index in [1.165, 1.54) is 45.6 Å². The molecule has 2 heterocycles. The largest absolute Gasteiger partial charge is 0.355 e. The Hall–Kier alpha value is -0.810. The van der Waals surface area contributed by atoms with Gasteiger partial charge in [0.25, 0.3) is 0 Å². The van der Waals surface area contributed by atoms with Crippen molar-refractivity contribution in [2.45, 2.75) is 39.7 Å². The minimum Gasteiger partial charge on any atom is -0.355 e. The van der Waals surface area contributed by atoms with Crippen LogP contribution in [0.3, 0.4) is 0 Å². The highest BCUT2D eigenvalue weighted by atomic mass is 15.3. The van der Waals surface area contributed by atoms with E-state index in [0.717, 1.165) is 30.9 Å². The average molecular weight is 324 g/mol. The van der Waals surface area contributed by atoms with Gasteiger partial charge in [-0.15, -0.1) is 0 Å². The van der Waals surface area contributed by atoms with Crippen molar-refractivity contribution >= 4 is 5.96 Å². The zero-order chi connectivity index (χ0) is 16.8. The minimum absolute atomic E-state index is 0.564. The van der Waals surface area contributed by atoms with E-state index in [9.17, 15) is 0 Å². The van der Waals surface area contributed by atoms with Crippen molar-refractivity contribution in [2.24, 2.45) is 16.8 Å². The van der Waals surface area contributed by atoms with Crippen LogP contribution in [-0.4, -0.2) is 86.6 Å². The smallest absolute Gasteiger partial charge is 0.193 e. The molecule has 2 rings (SSSR count). The molecule has 0 aromatic carbocycles. The number of nitrogens with zero attached hydrogens (tertiary/aromatic N) is 4. The molecule has 2 aliphatic rings. The summed E-state index contributed by atoms with van der Waals surface area (Å²) < 4.78 is 0. The van der Waals surface area contributed by atoms with Crippen LogP contribution >= 0.6 is 0 Å². The first-order chi connectivity index (χ1) is 11.0. The summed E-state index contributed by atoms with van der Waals surface area (Å²) in [6.07, 6.45) is 2.65. The lowest BCUT2D eigenvalue weighted by Gasteiger charge is -2.37. The summed E-state index contributed by atoms with van der Waals surface area (Å²) in [6.45, 7) is 15.0. The molecule has 0 radical (unpaired) electrons. The van der Waals surface area contributed by atoms with Crippen LogP contribution < -0.4 is 5.32 Å². The number of rotatable bonds is 5. The maximum atomic E-state index is 4.52. The number of piperazine rings is 1. The van der Waals surface area contributed by atoms with Crippen LogP contribution in [0.4, 0.5) is 0 Å². The molecule has 5 heteroatoms. The molecule has 0 bridgehead atoms. The van der Waals surface area contributed by atoms with E-state index in [-0.39, 0.29) is 0 Å². The monoisotopic (exact) mass is 323 g/mol. The fraction of sp³-hybridized carbons (Fsp3) is 0.944. The SMILES string of the molecule is CN=C(NCC(C)N1CCN(C)CC1)N1CCC(CC(C)C)C1. The Balaban J connectivity index is 1.75. The fourth-order valence-corrected chi connectivity index (χ4v) is 3.85. The first kappa shape index (κ1) is 18.5. The first-order valence-electron chi connectivity index (χ1n) is 9.37. The third-order valence-corrected chi connectivity index (χ3v) is 5.32. The van der Waals surface area contributed by atoms with Crippen molar-refractivity contribution in [2.75, 3.05) is 59.9 Å². The van der Waals surface area contributed by atoms with Crippen molar-refractivity contribution in [1.29, 1.82) is 0 Å². The van der Waals surface area contributed by atoms with E-state index in [1.54, 1.807) is 0 Å². The molecule has 2 atom stereocenters. The molecule has 0 aromatic heterocycles. The third kappa shape index (κ3) is 5.64. The lowest BCUT2D eigenvalue weighted by Crippen LogP contribution is -2.52. The molecule has 0 saturated carbocycles. The van der Waals surface area contributed by atoms with Gasteiger partial charge in [0.2, 0.25) is 0 Å². The van der Waals surface area contributed by atoms with Gasteiger partial charge >= 0.3 is 0 Å². The second kappa shape index (κ2) is 8.88. The van der Waals surface area contributed by atoms with Crippen molar-refractivity contribution in [3.8, 4) is 0 Å². The van der Waals surface area contributed by atoms with Crippen LogP contribution in [-0.2, 0) is 0 Å². The van der Waals surface area contributed by atoms with E-state index in [4.69, 9.17) is 0 Å². The van der Waals surface area contributed by atoms with Crippen molar-refractivity contribution in [1.82, 2.24) is 20.0 Å². The summed E-state index contributed by atoms with van der Waals surface area (Å²) in [4.78, 5) is 12.0. The second-order valence-corrected chi connectivity index (χ2v) is 7.85. The molecule has 0 aromatic rings. The highest BCUT2D eigenvalue weighted by Gasteiger charge is 2.26. The van der Waals surface area contributed by atoms with Crippen LogP contribution in [0.5, 0.6) is 0 Å². The van der Waals surface area contributed by atoms with Crippen LogP contribution in [0, 0.1) is 11.8 Å². The van der Waals surface area contributed by atoms with E-state index >= 15 is 0 Å². The van der Waals surface area contributed by atoms with Crippen LogP contribution in [0.25, 0.3) is 0 Å². The van der Waals surface area contributed by atoms with Gasteiger partial charge in [0, 0.05) is 58.9 Å². The number of hydrogen-bond acceptors (Lipinski definition) is 3. The highest BCUT2D eigenvalue weighted by molar-refractivity contribution is 5.80. The summed E-state index contributed by atoms with van der Waals surface area (Å²) >= 11 is 0. The van der Waals surface area contributed by atoms with E-state index in [1.807, 2.05) is 7.05 Å². The van der Waals surface area contributed by atoms with Gasteiger partial charge in [0.1, 0.15) is 0 Å². The van der Waals surface area contributed by atoms with Crippen molar-refractivity contribution < 1.29 is 0 Å². The predicted molar refractivity (Wildman–Crippen MR) is 99.0 cm³/mol. The maximum Gasteiger partial charge on any atom is 0.193 e. The first-order valence-corrected chi connectivity index (χ1v) is 9.37. The molecular formula is C18H37N5. The van der Waals surface area contributed by atoms with E-state index in [2.05, 4.69) is 52.8 Å². The number of hydrogen-bond donors (Lipinski definition) is 1. The van der Waals surface area contributed by atoms with Crippen LogP contribution in [0.15, 0.2) is 4.99 Å². The summed E-state index contributed by atoms with van der Waals surface area (Å²) in [5, 5.41) is 3.61. The van der Waals surface area contributed by atoms with E-state index in [0.29, 0.717) is 6.04 Å². The molecule has 2 saturated heterocycles. The van der Waals surface area contributed by atoms with E-state index < -0.39 is 0 Å². The number of guanidine groups is 1. The van der Waals surface area contributed by atoms with Gasteiger partial charge in [-0.2, -0.15) is 0 Å². The predicted octanol–water partition coefficient (Wildman–Crippen LogP) is 1.57. The molecule has 2 fully saturated rings. The maximum absolute atomic E-state index is 4.52. The Morgan fingerprint density at radius 3 is 2.43 bits per heavy atom. The Bertz CT molecular complexity index is 374. The Kier molecular flexibility index (Phi) is 7.15. The highest BCUT2D eigenvalue weighted by Crippen LogP contribution is 2.23. The molecule has 0 spiro atoms. The van der Waals surface area contributed by atoms with Gasteiger partial charge in [0.15, 0.2) is 5.96 Å². The number of likely N-dealkylation sites (N-methyl/N-ethyl adjacent to an activating group) is 1. The van der Waals surface area contributed by atoms with Crippen LogP contribution in [0.1, 0.15) is 33.6 Å². The molecular weight excluding hydrogens is 286 g/mol. The molecule has 2 unspecified atom stereocenters. The van der Waals surface area contributed by atoms with Gasteiger partial charge in [-0.3, -0.25) is 9.89 Å². The third-order valence-electron chi connectivity index (χ3n) is 5.32. The normalized spacial score (nSPS) is 26.1.